The number of nitrogens with one attached hydrogen (secondary N) is 1. The Morgan fingerprint density at radius 2 is 1.75 bits per heavy atom. The number of fused-ring (bicyclic) bond motifs is 1. The van der Waals surface area contributed by atoms with E-state index in [2.05, 4.69) is 28.1 Å². The number of nitrogens with zero attached hydrogens (tertiary/aromatic N) is 2. The average molecular weight is 488 g/mol. The lowest BCUT2D eigenvalue weighted by Gasteiger charge is -2.55. The summed E-state index contributed by atoms with van der Waals surface area (Å²) < 4.78 is 13.5. The molecule has 36 heavy (non-hydrogen) atoms. The number of para-hydroxylation sites is 2. The van der Waals surface area contributed by atoms with Crippen LogP contribution in [-0.4, -0.2) is 35.7 Å². The molecule has 1 aromatic heterocycles. The van der Waals surface area contributed by atoms with Gasteiger partial charge in [-0.25, -0.2) is 4.98 Å². The molecule has 0 spiro atoms. The van der Waals surface area contributed by atoms with E-state index in [1.165, 1.54) is 19.3 Å². The Labute approximate surface area is 213 Å². The molecular formula is C30H37N3O3. The second-order valence-electron chi connectivity index (χ2n) is 11.3. The number of hydrogen-bond donors (Lipinski definition) is 1. The Morgan fingerprint density at radius 1 is 1.03 bits per heavy atom. The molecule has 6 heteroatoms. The van der Waals surface area contributed by atoms with Crippen molar-refractivity contribution in [1.29, 1.82) is 0 Å². The van der Waals surface area contributed by atoms with Crippen LogP contribution < -0.4 is 14.8 Å². The number of rotatable bonds is 10. The first-order chi connectivity index (χ1) is 17.6. The van der Waals surface area contributed by atoms with Crippen molar-refractivity contribution in [3.63, 3.8) is 0 Å². The van der Waals surface area contributed by atoms with Crippen molar-refractivity contribution >= 4 is 16.9 Å². The van der Waals surface area contributed by atoms with Crippen LogP contribution in [0.1, 0.15) is 50.8 Å². The molecule has 1 heterocycles. The lowest BCUT2D eigenvalue weighted by Crippen LogP contribution is -2.53. The number of aryl methyl sites for hydroxylation is 1. The van der Waals surface area contributed by atoms with E-state index in [0.717, 1.165) is 84.8 Å². The molecule has 0 atom stereocenters. The molecule has 6 nitrogen and oxygen atoms in total. The lowest BCUT2D eigenvalue weighted by molar-refractivity contribution is -0.146. The maximum absolute atomic E-state index is 13.4. The fraction of sp³-hybridized carbons (Fsp3) is 0.533. The fourth-order valence-electron chi connectivity index (χ4n) is 7.53. The summed E-state index contributed by atoms with van der Waals surface area (Å²) in [6.07, 6.45) is 9.01. The number of aromatic nitrogens is 2. The molecule has 2 aromatic carbocycles. The molecule has 0 unspecified atom stereocenters. The van der Waals surface area contributed by atoms with Crippen molar-refractivity contribution in [3.05, 3.63) is 54.4 Å². The minimum absolute atomic E-state index is 0.0909. The highest BCUT2D eigenvalue weighted by Crippen LogP contribution is 2.60. The van der Waals surface area contributed by atoms with Gasteiger partial charge in [-0.2, -0.15) is 0 Å². The van der Waals surface area contributed by atoms with Gasteiger partial charge in [0.1, 0.15) is 17.3 Å². The summed E-state index contributed by atoms with van der Waals surface area (Å²) in [5, 5.41) is 3.33. The van der Waals surface area contributed by atoms with Gasteiger partial charge < -0.3 is 19.4 Å². The van der Waals surface area contributed by atoms with E-state index in [-0.39, 0.29) is 5.41 Å². The van der Waals surface area contributed by atoms with Crippen molar-refractivity contribution in [3.8, 4) is 11.5 Å². The quantitative estimate of drug-likeness (QED) is 0.390. The summed E-state index contributed by atoms with van der Waals surface area (Å²) in [7, 11) is 1.66. The van der Waals surface area contributed by atoms with Crippen LogP contribution in [0.25, 0.3) is 11.0 Å². The second kappa shape index (κ2) is 9.79. The standard InChI is InChI=1S/C30H37N3O3/c1-35-24-6-4-7-25(17-24)36-13-5-12-33-27-9-3-2-8-26(27)32-28(33)10-11-31-29(34)30-18-21-14-22(19-30)16-23(15-21)20-30/h2-4,6-9,17,21-23H,5,10-16,18-20H2,1H3,(H,31,34). The van der Waals surface area contributed by atoms with Crippen molar-refractivity contribution in [2.75, 3.05) is 20.3 Å². The SMILES string of the molecule is COc1cccc(OCCCn2c(CCNC(=O)C34CC5CC(CC(C5)C3)C4)nc3ccccc32)c1. The third-order valence-corrected chi connectivity index (χ3v) is 8.72. The summed E-state index contributed by atoms with van der Waals surface area (Å²) in [5.74, 6) is 5.30. The summed E-state index contributed by atoms with van der Waals surface area (Å²) in [5.41, 5.74) is 2.06. The molecule has 4 aliphatic carbocycles. The molecule has 0 aliphatic heterocycles. The minimum atomic E-state index is -0.0909. The summed E-state index contributed by atoms with van der Waals surface area (Å²) in [4.78, 5) is 18.3. The molecule has 1 N–H and O–H groups in total. The van der Waals surface area contributed by atoms with Gasteiger partial charge in [0.2, 0.25) is 5.91 Å². The number of amides is 1. The van der Waals surface area contributed by atoms with Gasteiger partial charge in [0, 0.05) is 31.0 Å². The average Bonchev–Trinajstić information content (AvgIpc) is 3.23. The third-order valence-electron chi connectivity index (χ3n) is 8.72. The number of carbonyl (C=O) groups is 1. The highest BCUT2D eigenvalue weighted by atomic mass is 16.5. The number of benzene rings is 2. The van der Waals surface area contributed by atoms with Crippen molar-refractivity contribution in [2.45, 2.75) is 57.9 Å². The summed E-state index contributed by atoms with van der Waals surface area (Å²) >= 11 is 0. The molecule has 190 valence electrons. The lowest BCUT2D eigenvalue weighted by atomic mass is 9.49. The predicted octanol–water partition coefficient (Wildman–Crippen LogP) is 5.39. The van der Waals surface area contributed by atoms with E-state index >= 15 is 0 Å². The van der Waals surface area contributed by atoms with Gasteiger partial charge in [-0.3, -0.25) is 4.79 Å². The van der Waals surface area contributed by atoms with Crippen LogP contribution in [0.4, 0.5) is 0 Å². The van der Waals surface area contributed by atoms with Gasteiger partial charge in [-0.05, 0) is 87.0 Å². The van der Waals surface area contributed by atoms with Gasteiger partial charge in [0.15, 0.2) is 0 Å². The largest absolute Gasteiger partial charge is 0.497 e. The molecule has 4 bridgehead atoms. The van der Waals surface area contributed by atoms with Crippen molar-refractivity contribution in [1.82, 2.24) is 14.9 Å². The monoisotopic (exact) mass is 487 g/mol. The Bertz CT molecular complexity index is 1200. The number of imidazole rings is 1. The number of carbonyl (C=O) groups excluding carboxylic acids is 1. The van der Waals surface area contributed by atoms with E-state index in [4.69, 9.17) is 14.5 Å². The van der Waals surface area contributed by atoms with Gasteiger partial charge in [0.25, 0.3) is 0 Å². The van der Waals surface area contributed by atoms with Gasteiger partial charge in [-0.15, -0.1) is 0 Å². The molecule has 1 amide bonds. The second-order valence-corrected chi connectivity index (χ2v) is 11.3. The maximum atomic E-state index is 13.4. The van der Waals surface area contributed by atoms with Crippen LogP contribution in [0.3, 0.4) is 0 Å². The first-order valence-corrected chi connectivity index (χ1v) is 13.6. The van der Waals surface area contributed by atoms with E-state index in [0.29, 0.717) is 19.1 Å². The molecule has 0 radical (unpaired) electrons. The number of methoxy groups -OCH3 is 1. The Hall–Kier alpha value is -3.02. The third kappa shape index (κ3) is 4.58. The Kier molecular flexibility index (Phi) is 6.36. The molecule has 4 aliphatic rings. The van der Waals surface area contributed by atoms with E-state index in [1.54, 1.807) is 7.11 Å². The molecular weight excluding hydrogens is 450 g/mol. The van der Waals surface area contributed by atoms with Gasteiger partial charge in [0.05, 0.1) is 24.8 Å². The topological polar surface area (TPSA) is 65.4 Å². The van der Waals surface area contributed by atoms with E-state index in [1.807, 2.05) is 30.3 Å². The van der Waals surface area contributed by atoms with Crippen molar-refractivity contribution < 1.29 is 14.3 Å². The normalized spacial score (nSPS) is 26.3. The molecule has 7 rings (SSSR count). The Morgan fingerprint density at radius 3 is 2.50 bits per heavy atom. The number of ether oxygens (including phenoxy) is 2. The van der Waals surface area contributed by atoms with Crippen LogP contribution in [0.15, 0.2) is 48.5 Å². The van der Waals surface area contributed by atoms with E-state index in [9.17, 15) is 4.79 Å². The first-order valence-electron chi connectivity index (χ1n) is 13.6. The minimum Gasteiger partial charge on any atom is -0.497 e. The molecule has 4 saturated carbocycles. The zero-order chi connectivity index (χ0) is 24.5. The number of hydrogen-bond acceptors (Lipinski definition) is 4. The zero-order valence-electron chi connectivity index (χ0n) is 21.2. The smallest absolute Gasteiger partial charge is 0.226 e. The fourth-order valence-corrected chi connectivity index (χ4v) is 7.53. The van der Waals surface area contributed by atoms with Crippen LogP contribution in [-0.2, 0) is 17.8 Å². The molecule has 4 fully saturated rings. The summed E-state index contributed by atoms with van der Waals surface area (Å²) in [6.45, 7) is 2.08. The first kappa shape index (κ1) is 23.4. The highest BCUT2D eigenvalue weighted by Gasteiger charge is 2.54. The van der Waals surface area contributed by atoms with Crippen LogP contribution in [0.2, 0.25) is 0 Å². The maximum Gasteiger partial charge on any atom is 0.226 e. The highest BCUT2D eigenvalue weighted by molar-refractivity contribution is 5.83. The Balaban J connectivity index is 1.07. The van der Waals surface area contributed by atoms with Gasteiger partial charge in [-0.1, -0.05) is 18.2 Å². The predicted molar refractivity (Wildman–Crippen MR) is 140 cm³/mol. The van der Waals surface area contributed by atoms with Gasteiger partial charge >= 0.3 is 0 Å². The summed E-state index contributed by atoms with van der Waals surface area (Å²) in [6, 6.07) is 16.0. The van der Waals surface area contributed by atoms with E-state index < -0.39 is 0 Å². The van der Waals surface area contributed by atoms with Crippen molar-refractivity contribution in [2.24, 2.45) is 23.2 Å². The van der Waals surface area contributed by atoms with Crippen LogP contribution in [0, 0.1) is 23.2 Å². The van der Waals surface area contributed by atoms with Crippen LogP contribution in [0.5, 0.6) is 11.5 Å². The van der Waals surface area contributed by atoms with Crippen LogP contribution >= 0.6 is 0 Å². The molecule has 0 saturated heterocycles. The molecule has 3 aromatic rings. The zero-order valence-corrected chi connectivity index (χ0v) is 21.2.